The van der Waals surface area contributed by atoms with Crippen LogP contribution < -0.4 is 10.1 Å². The van der Waals surface area contributed by atoms with Gasteiger partial charge in [-0.25, -0.2) is 0 Å². The number of ether oxygens (including phenoxy) is 1. The normalized spacial score (nSPS) is 17.0. The van der Waals surface area contributed by atoms with Crippen LogP contribution in [-0.4, -0.2) is 62.1 Å². The Labute approximate surface area is 163 Å². The number of likely N-dealkylation sites (N-methyl/N-ethyl adjacent to an activating group) is 1. The van der Waals surface area contributed by atoms with Gasteiger partial charge in [0.05, 0.1) is 6.04 Å². The van der Waals surface area contributed by atoms with E-state index in [1.807, 2.05) is 0 Å². The second-order valence-electron chi connectivity index (χ2n) is 6.46. The fourth-order valence-corrected chi connectivity index (χ4v) is 3.83. The van der Waals surface area contributed by atoms with E-state index in [4.69, 9.17) is 16.3 Å². The Balaban J connectivity index is 1.52. The van der Waals surface area contributed by atoms with Crippen molar-refractivity contribution in [3.8, 4) is 5.75 Å². The number of hydrogen-bond acceptors (Lipinski definition) is 5. The first-order valence-corrected chi connectivity index (χ1v) is 10.0. The molecule has 140 valence electrons. The van der Waals surface area contributed by atoms with E-state index in [0.29, 0.717) is 17.3 Å². The van der Waals surface area contributed by atoms with Gasteiger partial charge in [-0.05, 0) is 53.7 Å². The number of thiophene rings is 1. The molecule has 1 fully saturated rings. The maximum Gasteiger partial charge on any atom is 0.258 e. The van der Waals surface area contributed by atoms with Crippen molar-refractivity contribution in [2.24, 2.45) is 0 Å². The van der Waals surface area contributed by atoms with Gasteiger partial charge in [0.15, 0.2) is 6.61 Å². The van der Waals surface area contributed by atoms with Gasteiger partial charge in [0.1, 0.15) is 5.75 Å². The first-order valence-electron chi connectivity index (χ1n) is 8.71. The van der Waals surface area contributed by atoms with E-state index in [1.54, 1.807) is 35.6 Å². The maximum atomic E-state index is 12.2. The molecule has 0 saturated carbocycles. The zero-order valence-electron chi connectivity index (χ0n) is 14.9. The largest absolute Gasteiger partial charge is 0.484 e. The maximum absolute atomic E-state index is 12.2. The number of rotatable bonds is 7. The lowest BCUT2D eigenvalue weighted by Gasteiger charge is -2.38. The highest BCUT2D eigenvalue weighted by Gasteiger charge is 2.24. The van der Waals surface area contributed by atoms with E-state index < -0.39 is 0 Å². The first kappa shape index (κ1) is 19.2. The van der Waals surface area contributed by atoms with Gasteiger partial charge in [-0.2, -0.15) is 11.3 Å². The molecule has 1 atom stereocenters. The number of halogens is 1. The zero-order chi connectivity index (χ0) is 18.4. The molecule has 7 heteroatoms. The number of carbonyl (C=O) groups excluding carboxylic acids is 1. The van der Waals surface area contributed by atoms with Crippen LogP contribution in [0.15, 0.2) is 41.1 Å². The van der Waals surface area contributed by atoms with Crippen molar-refractivity contribution in [2.45, 2.75) is 6.04 Å². The van der Waals surface area contributed by atoms with Crippen LogP contribution in [0.2, 0.25) is 5.02 Å². The molecule has 1 aliphatic rings. The molecule has 3 rings (SSSR count). The summed E-state index contributed by atoms with van der Waals surface area (Å²) in [5, 5.41) is 7.92. The van der Waals surface area contributed by atoms with E-state index in [2.05, 4.69) is 39.0 Å². The molecule has 0 radical (unpaired) electrons. The third kappa shape index (κ3) is 5.45. The fraction of sp³-hybridized carbons (Fsp3) is 0.421. The highest BCUT2D eigenvalue weighted by Crippen LogP contribution is 2.23. The molecule has 2 aromatic rings. The summed E-state index contributed by atoms with van der Waals surface area (Å²) < 4.78 is 5.52. The lowest BCUT2D eigenvalue weighted by Crippen LogP contribution is -2.48. The second kappa shape index (κ2) is 9.37. The van der Waals surface area contributed by atoms with Crippen LogP contribution in [0.5, 0.6) is 5.75 Å². The lowest BCUT2D eigenvalue weighted by molar-refractivity contribution is -0.123. The van der Waals surface area contributed by atoms with Gasteiger partial charge in [-0.15, -0.1) is 0 Å². The van der Waals surface area contributed by atoms with Gasteiger partial charge >= 0.3 is 0 Å². The Morgan fingerprint density at radius 3 is 2.62 bits per heavy atom. The minimum absolute atomic E-state index is 0.000721. The topological polar surface area (TPSA) is 44.8 Å². The molecule has 2 heterocycles. The number of nitrogens with zero attached hydrogens (tertiary/aromatic N) is 2. The Hall–Kier alpha value is -1.60. The SMILES string of the molecule is CN1CCN(C(CNC(=O)COc2ccc(Cl)cc2)c2ccsc2)CC1. The van der Waals surface area contributed by atoms with E-state index in [1.165, 1.54) is 5.56 Å². The van der Waals surface area contributed by atoms with Gasteiger partial charge < -0.3 is 15.0 Å². The fourth-order valence-electron chi connectivity index (χ4n) is 3.00. The van der Waals surface area contributed by atoms with Crippen molar-refractivity contribution in [3.63, 3.8) is 0 Å². The van der Waals surface area contributed by atoms with Gasteiger partial charge in [0.2, 0.25) is 0 Å². The highest BCUT2D eigenvalue weighted by molar-refractivity contribution is 7.07. The molecule has 1 aliphatic heterocycles. The molecule has 1 N–H and O–H groups in total. The molecule has 0 bridgehead atoms. The molecule has 1 amide bonds. The van der Waals surface area contributed by atoms with Crippen molar-refractivity contribution in [1.82, 2.24) is 15.1 Å². The predicted molar refractivity (Wildman–Crippen MR) is 106 cm³/mol. The molecule has 1 aromatic heterocycles. The summed E-state index contributed by atoms with van der Waals surface area (Å²) in [5.41, 5.74) is 1.26. The smallest absolute Gasteiger partial charge is 0.258 e. The Kier molecular flexibility index (Phi) is 6.91. The van der Waals surface area contributed by atoms with Crippen LogP contribution in [0.1, 0.15) is 11.6 Å². The number of benzene rings is 1. The summed E-state index contributed by atoms with van der Waals surface area (Å²) in [6.07, 6.45) is 0. The number of carbonyl (C=O) groups is 1. The summed E-state index contributed by atoms with van der Waals surface area (Å²) in [4.78, 5) is 17.0. The summed E-state index contributed by atoms with van der Waals surface area (Å²) in [7, 11) is 2.15. The second-order valence-corrected chi connectivity index (χ2v) is 7.67. The highest BCUT2D eigenvalue weighted by atomic mass is 35.5. The van der Waals surface area contributed by atoms with Crippen LogP contribution in [0.25, 0.3) is 0 Å². The van der Waals surface area contributed by atoms with E-state index >= 15 is 0 Å². The molecular formula is C19H24ClN3O2S. The van der Waals surface area contributed by atoms with Gasteiger partial charge in [-0.3, -0.25) is 9.69 Å². The van der Waals surface area contributed by atoms with Crippen molar-refractivity contribution < 1.29 is 9.53 Å². The molecular weight excluding hydrogens is 370 g/mol. The number of piperazine rings is 1. The third-order valence-corrected chi connectivity index (χ3v) is 5.54. The summed E-state index contributed by atoms with van der Waals surface area (Å²) in [5.74, 6) is 0.521. The van der Waals surface area contributed by atoms with Crippen molar-refractivity contribution in [1.29, 1.82) is 0 Å². The summed E-state index contributed by atoms with van der Waals surface area (Å²) in [6.45, 7) is 4.70. The number of amides is 1. The number of nitrogens with one attached hydrogen (secondary N) is 1. The van der Waals surface area contributed by atoms with Crippen molar-refractivity contribution in [2.75, 3.05) is 46.4 Å². The van der Waals surface area contributed by atoms with Crippen molar-refractivity contribution in [3.05, 3.63) is 51.7 Å². The summed E-state index contributed by atoms with van der Waals surface area (Å²) in [6, 6.07) is 9.35. The monoisotopic (exact) mass is 393 g/mol. The molecule has 1 unspecified atom stereocenters. The minimum Gasteiger partial charge on any atom is -0.484 e. The van der Waals surface area contributed by atoms with Crippen LogP contribution >= 0.6 is 22.9 Å². The average molecular weight is 394 g/mol. The van der Waals surface area contributed by atoms with Crippen molar-refractivity contribution >= 4 is 28.8 Å². The quantitative estimate of drug-likeness (QED) is 0.785. The van der Waals surface area contributed by atoms with Gasteiger partial charge in [-0.1, -0.05) is 11.6 Å². The molecule has 0 aliphatic carbocycles. The summed E-state index contributed by atoms with van der Waals surface area (Å²) >= 11 is 7.54. The zero-order valence-corrected chi connectivity index (χ0v) is 16.4. The number of hydrogen-bond donors (Lipinski definition) is 1. The van der Waals surface area contributed by atoms with E-state index in [-0.39, 0.29) is 18.6 Å². The van der Waals surface area contributed by atoms with E-state index in [9.17, 15) is 4.79 Å². The van der Waals surface area contributed by atoms with Crippen LogP contribution in [0.3, 0.4) is 0 Å². The average Bonchev–Trinajstić information content (AvgIpc) is 3.17. The van der Waals surface area contributed by atoms with Gasteiger partial charge in [0.25, 0.3) is 5.91 Å². The Morgan fingerprint density at radius 1 is 1.23 bits per heavy atom. The first-order chi connectivity index (χ1) is 12.6. The molecule has 26 heavy (non-hydrogen) atoms. The van der Waals surface area contributed by atoms with Crippen LogP contribution in [-0.2, 0) is 4.79 Å². The van der Waals surface area contributed by atoms with E-state index in [0.717, 1.165) is 26.2 Å². The Bertz CT molecular complexity index is 685. The lowest BCUT2D eigenvalue weighted by atomic mass is 10.1. The predicted octanol–water partition coefficient (Wildman–Crippen LogP) is 2.89. The molecule has 1 aromatic carbocycles. The van der Waals surface area contributed by atoms with Crippen LogP contribution in [0.4, 0.5) is 0 Å². The molecule has 0 spiro atoms. The van der Waals surface area contributed by atoms with Gasteiger partial charge in [0, 0.05) is 37.7 Å². The standard InChI is InChI=1S/C19H24ClN3O2S/c1-22-7-9-23(10-8-22)18(15-6-11-26-14-15)12-21-19(24)13-25-17-4-2-16(20)3-5-17/h2-6,11,14,18H,7-10,12-13H2,1H3,(H,21,24). The minimum atomic E-state index is -0.116. The third-order valence-electron chi connectivity index (χ3n) is 4.58. The molecule has 1 saturated heterocycles. The van der Waals surface area contributed by atoms with Crippen LogP contribution in [0, 0.1) is 0 Å². The molecule has 5 nitrogen and oxygen atoms in total. The Morgan fingerprint density at radius 2 is 1.96 bits per heavy atom.